The number of hydrogen-bond donors (Lipinski definition) is 1. The third kappa shape index (κ3) is 5.07. The molecule has 2 fully saturated rings. The number of anilines is 1. The Morgan fingerprint density at radius 3 is 2.75 bits per heavy atom. The molecule has 2 amide bonds. The van der Waals surface area contributed by atoms with Gasteiger partial charge in [-0.2, -0.15) is 5.26 Å². The Kier molecular flexibility index (Phi) is 6.41. The van der Waals surface area contributed by atoms with Crippen LogP contribution in [0, 0.1) is 17.2 Å². The summed E-state index contributed by atoms with van der Waals surface area (Å²) in [5, 5.41) is 12.5. The van der Waals surface area contributed by atoms with Gasteiger partial charge >= 0.3 is 0 Å². The molecule has 0 spiro atoms. The molecule has 0 radical (unpaired) electrons. The highest BCUT2D eigenvalue weighted by Gasteiger charge is 2.35. The normalized spacial score (nSPS) is 21.3. The first kappa shape index (κ1) is 23.5. The van der Waals surface area contributed by atoms with Crippen molar-refractivity contribution in [1.82, 2.24) is 14.9 Å². The number of halogens is 1. The zero-order valence-electron chi connectivity index (χ0n) is 19.6. The number of aromatic nitrogens is 2. The molecule has 1 aromatic carbocycles. The number of hydrogen-bond acceptors (Lipinski definition) is 8. The first-order chi connectivity index (χ1) is 17.4. The molecule has 1 N–H and O–H groups in total. The molecule has 11 heteroatoms. The van der Waals surface area contributed by atoms with E-state index in [2.05, 4.69) is 31.3 Å². The molecule has 10 nitrogen and oxygen atoms in total. The Bertz CT molecular complexity index is 1310. The average molecular weight is 490 g/mol. The molecule has 0 bridgehead atoms. The van der Waals surface area contributed by atoms with Crippen molar-refractivity contribution < 1.29 is 18.7 Å². The van der Waals surface area contributed by atoms with Crippen LogP contribution >= 0.6 is 0 Å². The van der Waals surface area contributed by atoms with Crippen LogP contribution in [0.1, 0.15) is 31.7 Å². The number of alkyl halides is 1. The van der Waals surface area contributed by atoms with Gasteiger partial charge in [0.2, 0.25) is 5.91 Å². The summed E-state index contributed by atoms with van der Waals surface area (Å²) in [6, 6.07) is 8.67. The van der Waals surface area contributed by atoms with Gasteiger partial charge in [0.15, 0.2) is 6.17 Å². The maximum absolute atomic E-state index is 15.0. The Hall–Kier alpha value is -4.20. The van der Waals surface area contributed by atoms with Gasteiger partial charge in [-0.15, -0.1) is 0 Å². The standard InChI is InChI=1S/C25H24FN7O3/c1-14-28-11-20(31-14)25(35)33-7-6-22(18(26)12-33)36-21-5-4-16(8-17(21)10-27)19-9-23(30-13-29-19)32-24(34)15-2-3-15/h4-5,8-9,13,15,18,22H,2-3,6-7,11-12H2,1H3,(H,29,30,32,34)/t18-,22+/m1/s1. The van der Waals surface area contributed by atoms with E-state index in [0.29, 0.717) is 35.2 Å². The van der Waals surface area contributed by atoms with Crippen LogP contribution in [-0.2, 0) is 9.59 Å². The molecule has 184 valence electrons. The Morgan fingerprint density at radius 2 is 2.06 bits per heavy atom. The van der Waals surface area contributed by atoms with Gasteiger partial charge in [0.05, 0.1) is 24.3 Å². The van der Waals surface area contributed by atoms with Gasteiger partial charge in [-0.25, -0.2) is 19.4 Å². The predicted octanol–water partition coefficient (Wildman–Crippen LogP) is 2.55. The van der Waals surface area contributed by atoms with Crippen LogP contribution in [-0.4, -0.2) is 70.1 Å². The number of aliphatic imine (C=N–C) groups is 2. The second-order valence-electron chi connectivity index (χ2n) is 9.01. The van der Waals surface area contributed by atoms with E-state index in [9.17, 15) is 19.2 Å². The fourth-order valence-electron chi connectivity index (χ4n) is 4.15. The van der Waals surface area contributed by atoms with E-state index in [0.717, 1.165) is 12.8 Å². The number of rotatable bonds is 6. The molecule has 1 aromatic heterocycles. The Balaban J connectivity index is 1.25. The number of amidine groups is 1. The molecule has 36 heavy (non-hydrogen) atoms. The zero-order chi connectivity index (χ0) is 25.2. The fraction of sp³-hybridized carbons (Fsp3) is 0.400. The van der Waals surface area contributed by atoms with Crippen molar-refractivity contribution in [2.75, 3.05) is 25.0 Å². The quantitative estimate of drug-likeness (QED) is 0.663. The summed E-state index contributed by atoms with van der Waals surface area (Å²) < 4.78 is 20.9. The zero-order valence-corrected chi connectivity index (χ0v) is 19.6. The van der Waals surface area contributed by atoms with Gasteiger partial charge in [0.1, 0.15) is 41.6 Å². The molecule has 3 heterocycles. The number of likely N-dealkylation sites (tertiary alicyclic amines) is 1. The third-order valence-corrected chi connectivity index (χ3v) is 6.31. The van der Waals surface area contributed by atoms with Gasteiger partial charge in [0, 0.05) is 30.5 Å². The van der Waals surface area contributed by atoms with Crippen molar-refractivity contribution in [2.45, 2.75) is 38.5 Å². The van der Waals surface area contributed by atoms with Crippen LogP contribution in [0.15, 0.2) is 40.6 Å². The number of carbonyl (C=O) groups excluding carboxylic acids is 2. The number of nitrogens with one attached hydrogen (secondary N) is 1. The van der Waals surface area contributed by atoms with E-state index in [1.165, 1.54) is 11.2 Å². The maximum atomic E-state index is 15.0. The molecule has 3 aliphatic rings. The van der Waals surface area contributed by atoms with Gasteiger partial charge in [0.25, 0.3) is 5.91 Å². The number of nitriles is 1. The number of benzene rings is 1. The minimum absolute atomic E-state index is 0.0454. The lowest BCUT2D eigenvalue weighted by Gasteiger charge is -2.34. The summed E-state index contributed by atoms with van der Waals surface area (Å²) in [6.45, 7) is 2.14. The number of piperidine rings is 1. The molecular weight excluding hydrogens is 465 g/mol. The lowest BCUT2D eigenvalue weighted by Crippen LogP contribution is -2.51. The number of ether oxygens (including phenoxy) is 1. The Labute approximate surface area is 206 Å². The van der Waals surface area contributed by atoms with Crippen molar-refractivity contribution >= 4 is 29.2 Å². The molecule has 1 saturated heterocycles. The van der Waals surface area contributed by atoms with Crippen molar-refractivity contribution in [1.29, 1.82) is 5.26 Å². The highest BCUT2D eigenvalue weighted by Crippen LogP contribution is 2.31. The second kappa shape index (κ2) is 9.81. The topological polar surface area (TPSA) is 133 Å². The maximum Gasteiger partial charge on any atom is 0.270 e. The highest BCUT2D eigenvalue weighted by atomic mass is 19.1. The lowest BCUT2D eigenvalue weighted by molar-refractivity contribution is -0.127. The van der Waals surface area contributed by atoms with Crippen LogP contribution in [0.5, 0.6) is 5.75 Å². The second-order valence-corrected chi connectivity index (χ2v) is 9.01. The molecule has 0 unspecified atom stereocenters. The molecular formula is C25H24FN7O3. The van der Waals surface area contributed by atoms with Crippen LogP contribution in [0.3, 0.4) is 0 Å². The van der Waals surface area contributed by atoms with Gasteiger partial charge in [-0.05, 0) is 38.0 Å². The molecule has 1 saturated carbocycles. The molecule has 2 aliphatic heterocycles. The van der Waals surface area contributed by atoms with Gasteiger partial charge < -0.3 is 15.0 Å². The Morgan fingerprint density at radius 1 is 1.22 bits per heavy atom. The molecule has 2 aromatic rings. The summed E-state index contributed by atoms with van der Waals surface area (Å²) in [4.78, 5) is 42.6. The summed E-state index contributed by atoms with van der Waals surface area (Å²) in [6.07, 6.45) is 1.19. The lowest BCUT2D eigenvalue weighted by atomic mass is 10.0. The van der Waals surface area contributed by atoms with E-state index >= 15 is 0 Å². The summed E-state index contributed by atoms with van der Waals surface area (Å²) >= 11 is 0. The van der Waals surface area contributed by atoms with E-state index in [4.69, 9.17) is 4.74 Å². The van der Waals surface area contributed by atoms with Crippen molar-refractivity contribution in [3.05, 3.63) is 36.2 Å². The van der Waals surface area contributed by atoms with E-state index in [-0.39, 0.29) is 48.6 Å². The van der Waals surface area contributed by atoms with Gasteiger partial charge in [-0.3, -0.25) is 14.6 Å². The first-order valence-electron chi connectivity index (χ1n) is 11.8. The van der Waals surface area contributed by atoms with Crippen LogP contribution in [0.25, 0.3) is 11.3 Å². The number of nitrogens with zero attached hydrogens (tertiary/aromatic N) is 6. The number of carbonyl (C=O) groups is 2. The fourth-order valence-corrected chi connectivity index (χ4v) is 4.15. The summed E-state index contributed by atoms with van der Waals surface area (Å²) in [5.41, 5.74) is 1.72. The average Bonchev–Trinajstić information content (AvgIpc) is 3.65. The van der Waals surface area contributed by atoms with Gasteiger partial charge in [-0.1, -0.05) is 0 Å². The molecule has 5 rings (SSSR count). The smallest absolute Gasteiger partial charge is 0.270 e. The van der Waals surface area contributed by atoms with Crippen LogP contribution < -0.4 is 10.1 Å². The number of amides is 2. The van der Waals surface area contributed by atoms with Crippen LogP contribution in [0.4, 0.5) is 10.2 Å². The van der Waals surface area contributed by atoms with E-state index in [1.54, 1.807) is 31.2 Å². The third-order valence-electron chi connectivity index (χ3n) is 6.31. The SMILES string of the molecule is CC1=NCC(C(=O)N2CC[C@H](Oc3ccc(-c4cc(NC(=O)C5CC5)ncn4)cc3C#N)[C@H](F)C2)=N1. The van der Waals surface area contributed by atoms with Crippen molar-refractivity contribution in [2.24, 2.45) is 15.9 Å². The molecule has 2 atom stereocenters. The summed E-state index contributed by atoms with van der Waals surface area (Å²) in [5.74, 6) is 0.869. The van der Waals surface area contributed by atoms with Crippen LogP contribution in [0.2, 0.25) is 0 Å². The largest absolute Gasteiger partial charge is 0.486 e. The monoisotopic (exact) mass is 489 g/mol. The minimum Gasteiger partial charge on any atom is -0.486 e. The first-order valence-corrected chi connectivity index (χ1v) is 11.8. The van der Waals surface area contributed by atoms with Crippen molar-refractivity contribution in [3.63, 3.8) is 0 Å². The summed E-state index contributed by atoms with van der Waals surface area (Å²) in [7, 11) is 0. The van der Waals surface area contributed by atoms with E-state index in [1.807, 2.05) is 0 Å². The van der Waals surface area contributed by atoms with Crippen molar-refractivity contribution in [3.8, 4) is 23.1 Å². The molecule has 1 aliphatic carbocycles. The predicted molar refractivity (Wildman–Crippen MR) is 129 cm³/mol. The highest BCUT2D eigenvalue weighted by molar-refractivity contribution is 6.42. The minimum atomic E-state index is -1.42. The van der Waals surface area contributed by atoms with E-state index < -0.39 is 12.3 Å².